The molecule has 6 nitrogen and oxygen atoms in total. The van der Waals surface area contributed by atoms with Crippen LogP contribution in [0.5, 0.6) is 11.5 Å². The Labute approximate surface area is 176 Å². The third kappa shape index (κ3) is 4.48. The number of carbonyl (C=O) groups excluding carboxylic acids is 1. The molecule has 0 unspecified atom stereocenters. The molecular weight excluding hydrogens is 378 g/mol. The van der Waals surface area contributed by atoms with Gasteiger partial charge in [0.1, 0.15) is 0 Å². The van der Waals surface area contributed by atoms with Gasteiger partial charge >= 0.3 is 0 Å². The molecule has 1 aliphatic heterocycles. The van der Waals surface area contributed by atoms with Crippen LogP contribution in [0.1, 0.15) is 35.4 Å². The second kappa shape index (κ2) is 9.03. The highest BCUT2D eigenvalue weighted by Gasteiger charge is 2.14. The summed E-state index contributed by atoms with van der Waals surface area (Å²) in [4.78, 5) is 12.4. The van der Waals surface area contributed by atoms with Crippen molar-refractivity contribution in [1.82, 2.24) is 15.1 Å². The molecule has 0 aliphatic carbocycles. The molecule has 0 radical (unpaired) electrons. The van der Waals surface area contributed by atoms with E-state index in [1.807, 2.05) is 67.1 Å². The van der Waals surface area contributed by atoms with Crippen molar-refractivity contribution < 1.29 is 14.3 Å². The van der Waals surface area contributed by atoms with Crippen LogP contribution in [0.4, 0.5) is 0 Å². The summed E-state index contributed by atoms with van der Waals surface area (Å²) in [7, 11) is 0. The molecular formula is C24H27N3O3. The topological polar surface area (TPSA) is 65.4 Å². The third-order valence-electron chi connectivity index (χ3n) is 5.36. The highest BCUT2D eigenvalue weighted by Crippen LogP contribution is 2.30. The van der Waals surface area contributed by atoms with Crippen molar-refractivity contribution in [3.05, 3.63) is 71.0 Å². The number of para-hydroxylation sites is 1. The van der Waals surface area contributed by atoms with Crippen molar-refractivity contribution in [3.8, 4) is 17.2 Å². The van der Waals surface area contributed by atoms with E-state index in [-0.39, 0.29) is 5.91 Å². The maximum atomic E-state index is 12.4. The fourth-order valence-corrected chi connectivity index (χ4v) is 3.65. The number of amides is 1. The Morgan fingerprint density at radius 2 is 1.83 bits per heavy atom. The van der Waals surface area contributed by atoms with Crippen LogP contribution in [0.2, 0.25) is 0 Å². The lowest BCUT2D eigenvalue weighted by molar-refractivity contribution is -0.121. The lowest BCUT2D eigenvalue weighted by atomic mass is 10.1. The molecule has 1 aliphatic rings. The van der Waals surface area contributed by atoms with E-state index >= 15 is 0 Å². The Hall–Kier alpha value is -3.28. The summed E-state index contributed by atoms with van der Waals surface area (Å²) in [6.45, 7) is 5.82. The van der Waals surface area contributed by atoms with E-state index in [0.717, 1.165) is 46.1 Å². The Balaban J connectivity index is 1.34. The van der Waals surface area contributed by atoms with Crippen LogP contribution in [-0.2, 0) is 17.8 Å². The number of ether oxygens (including phenoxy) is 2. The van der Waals surface area contributed by atoms with Gasteiger partial charge in [0.2, 0.25) is 5.91 Å². The Morgan fingerprint density at radius 1 is 1.07 bits per heavy atom. The van der Waals surface area contributed by atoms with Crippen molar-refractivity contribution in [3.63, 3.8) is 0 Å². The first kappa shape index (κ1) is 20.0. The first-order valence-electron chi connectivity index (χ1n) is 10.4. The van der Waals surface area contributed by atoms with Gasteiger partial charge in [0.25, 0.3) is 0 Å². The average Bonchev–Trinajstić information content (AvgIpc) is 2.92. The molecule has 1 amide bonds. The van der Waals surface area contributed by atoms with Crippen LogP contribution in [0, 0.1) is 13.8 Å². The van der Waals surface area contributed by atoms with Crippen molar-refractivity contribution >= 4 is 5.91 Å². The first-order valence-corrected chi connectivity index (χ1v) is 10.4. The number of fused-ring (bicyclic) bond motifs is 1. The van der Waals surface area contributed by atoms with E-state index in [1.54, 1.807) is 0 Å². The zero-order valence-corrected chi connectivity index (χ0v) is 17.5. The van der Waals surface area contributed by atoms with Gasteiger partial charge in [0.15, 0.2) is 11.5 Å². The molecule has 0 spiro atoms. The van der Waals surface area contributed by atoms with Crippen LogP contribution in [0.15, 0.2) is 48.5 Å². The van der Waals surface area contributed by atoms with E-state index in [4.69, 9.17) is 9.47 Å². The summed E-state index contributed by atoms with van der Waals surface area (Å²) in [5.41, 5.74) is 5.12. The molecule has 6 heteroatoms. The lowest BCUT2D eigenvalue weighted by Gasteiger charge is -2.10. The number of nitrogens with one attached hydrogen (secondary N) is 1. The molecule has 156 valence electrons. The molecule has 4 rings (SSSR count). The Morgan fingerprint density at radius 3 is 2.63 bits per heavy atom. The smallest absolute Gasteiger partial charge is 0.220 e. The number of carbonyl (C=O) groups is 1. The normalized spacial score (nSPS) is 13.0. The highest BCUT2D eigenvalue weighted by atomic mass is 16.5. The SMILES string of the molecule is Cc1nn(-c2ccccc2)c(C)c1CNC(=O)CCc1ccc2c(c1)OCCCO2. The molecule has 2 heterocycles. The number of nitrogens with zero attached hydrogens (tertiary/aromatic N) is 2. The third-order valence-corrected chi connectivity index (χ3v) is 5.36. The average molecular weight is 405 g/mol. The van der Waals surface area contributed by atoms with Gasteiger partial charge in [0, 0.05) is 30.6 Å². The number of aryl methyl sites for hydroxylation is 2. The van der Waals surface area contributed by atoms with E-state index in [2.05, 4.69) is 10.4 Å². The van der Waals surface area contributed by atoms with Crippen LogP contribution in [0.25, 0.3) is 5.69 Å². The number of hydrogen-bond acceptors (Lipinski definition) is 4. The van der Waals surface area contributed by atoms with Gasteiger partial charge in [0.05, 0.1) is 24.6 Å². The van der Waals surface area contributed by atoms with Gasteiger partial charge in [-0.15, -0.1) is 0 Å². The van der Waals surface area contributed by atoms with Gasteiger partial charge in [-0.1, -0.05) is 24.3 Å². The maximum Gasteiger partial charge on any atom is 0.220 e. The zero-order chi connectivity index (χ0) is 20.9. The molecule has 0 bridgehead atoms. The standard InChI is InChI=1S/C24H27N3O3/c1-17-21(18(2)27(26-17)20-7-4-3-5-8-20)16-25-24(28)12-10-19-9-11-22-23(15-19)30-14-6-13-29-22/h3-5,7-9,11,15H,6,10,12-14,16H2,1-2H3,(H,25,28). The zero-order valence-electron chi connectivity index (χ0n) is 17.5. The summed E-state index contributed by atoms with van der Waals surface area (Å²) in [5.74, 6) is 1.57. The molecule has 0 atom stereocenters. The molecule has 0 fully saturated rings. The molecule has 0 saturated carbocycles. The summed E-state index contributed by atoms with van der Waals surface area (Å²) < 4.78 is 13.3. The van der Waals surface area contributed by atoms with E-state index < -0.39 is 0 Å². The summed E-state index contributed by atoms with van der Waals surface area (Å²) in [6.07, 6.45) is 1.96. The van der Waals surface area contributed by atoms with E-state index in [9.17, 15) is 4.79 Å². The van der Waals surface area contributed by atoms with Crippen LogP contribution in [0.3, 0.4) is 0 Å². The van der Waals surface area contributed by atoms with Gasteiger partial charge in [-0.25, -0.2) is 4.68 Å². The molecule has 2 aromatic carbocycles. The maximum absolute atomic E-state index is 12.4. The fraction of sp³-hybridized carbons (Fsp3) is 0.333. The number of rotatable bonds is 6. The van der Waals surface area contributed by atoms with Crippen LogP contribution < -0.4 is 14.8 Å². The summed E-state index contributed by atoms with van der Waals surface area (Å²) >= 11 is 0. The van der Waals surface area contributed by atoms with Crippen LogP contribution in [-0.4, -0.2) is 28.9 Å². The van der Waals surface area contributed by atoms with E-state index in [1.165, 1.54) is 0 Å². The second-order valence-corrected chi connectivity index (χ2v) is 7.51. The first-order chi connectivity index (χ1) is 14.6. The van der Waals surface area contributed by atoms with E-state index in [0.29, 0.717) is 32.6 Å². The Bertz CT molecular complexity index is 1030. The molecule has 30 heavy (non-hydrogen) atoms. The predicted octanol–water partition coefficient (Wildman–Crippen LogP) is 3.90. The summed E-state index contributed by atoms with van der Waals surface area (Å²) in [5, 5.41) is 7.68. The minimum Gasteiger partial charge on any atom is -0.490 e. The van der Waals surface area contributed by atoms with Crippen molar-refractivity contribution in [2.45, 2.75) is 39.7 Å². The molecule has 1 aromatic heterocycles. The highest BCUT2D eigenvalue weighted by molar-refractivity contribution is 5.76. The predicted molar refractivity (Wildman–Crippen MR) is 115 cm³/mol. The number of benzene rings is 2. The van der Waals surface area contributed by atoms with Crippen molar-refractivity contribution in [2.24, 2.45) is 0 Å². The van der Waals surface area contributed by atoms with Crippen molar-refractivity contribution in [1.29, 1.82) is 0 Å². The lowest BCUT2D eigenvalue weighted by Crippen LogP contribution is -2.23. The quantitative estimate of drug-likeness (QED) is 0.676. The molecule has 1 N–H and O–H groups in total. The fourth-order valence-electron chi connectivity index (χ4n) is 3.65. The minimum absolute atomic E-state index is 0.0216. The number of hydrogen-bond donors (Lipinski definition) is 1. The minimum atomic E-state index is 0.0216. The van der Waals surface area contributed by atoms with Gasteiger partial charge < -0.3 is 14.8 Å². The van der Waals surface area contributed by atoms with Crippen LogP contribution >= 0.6 is 0 Å². The van der Waals surface area contributed by atoms with Gasteiger partial charge in [-0.05, 0) is 50.1 Å². The van der Waals surface area contributed by atoms with Gasteiger partial charge in [-0.2, -0.15) is 5.10 Å². The number of aromatic nitrogens is 2. The van der Waals surface area contributed by atoms with Gasteiger partial charge in [-0.3, -0.25) is 4.79 Å². The second-order valence-electron chi connectivity index (χ2n) is 7.51. The largest absolute Gasteiger partial charge is 0.490 e. The molecule has 3 aromatic rings. The van der Waals surface area contributed by atoms with Crippen molar-refractivity contribution in [2.75, 3.05) is 13.2 Å². The summed E-state index contributed by atoms with van der Waals surface area (Å²) in [6, 6.07) is 15.9. The Kier molecular flexibility index (Phi) is 6.02. The monoisotopic (exact) mass is 405 g/mol. The molecule has 0 saturated heterocycles.